The van der Waals surface area contributed by atoms with Crippen LogP contribution >= 0.6 is 12.4 Å². The zero-order valence-corrected chi connectivity index (χ0v) is 19.8. The van der Waals surface area contributed by atoms with Crippen molar-refractivity contribution >= 4 is 24.3 Å². The highest BCUT2D eigenvalue weighted by molar-refractivity contribution is 5.89. The molecule has 2 heterocycles. The standard InChI is InChI=1S/C25H28N4O3.ClH/c1-28-23(25(14-15-25)19-6-4-3-5-7-19)26-27-24(28)29-16-12-21(13-17-29)32-20-10-8-18(9-11-20)22(30)31-2;/h3-11,21H,12-17H2,1-2H3;1H. The maximum absolute atomic E-state index is 11.6. The fraction of sp³-hybridized carbons (Fsp3) is 0.400. The Labute approximate surface area is 200 Å². The Morgan fingerprint density at radius 2 is 1.67 bits per heavy atom. The van der Waals surface area contributed by atoms with Gasteiger partial charge in [-0.15, -0.1) is 22.6 Å². The molecule has 5 rings (SSSR count). The van der Waals surface area contributed by atoms with E-state index in [1.165, 1.54) is 12.7 Å². The van der Waals surface area contributed by atoms with Crippen LogP contribution in [-0.4, -0.2) is 47.0 Å². The van der Waals surface area contributed by atoms with Crippen molar-refractivity contribution in [1.82, 2.24) is 14.8 Å². The summed E-state index contributed by atoms with van der Waals surface area (Å²) in [4.78, 5) is 13.9. The van der Waals surface area contributed by atoms with Gasteiger partial charge in [-0.1, -0.05) is 30.3 Å². The van der Waals surface area contributed by atoms with E-state index in [0.717, 1.165) is 56.3 Å². The van der Waals surface area contributed by atoms with Crippen molar-refractivity contribution in [2.75, 3.05) is 25.1 Å². The number of hydrogen-bond donors (Lipinski definition) is 0. The number of carbonyl (C=O) groups is 1. The molecule has 33 heavy (non-hydrogen) atoms. The number of anilines is 1. The molecule has 0 N–H and O–H groups in total. The lowest BCUT2D eigenvalue weighted by Crippen LogP contribution is -2.39. The molecule has 2 aromatic carbocycles. The lowest BCUT2D eigenvalue weighted by molar-refractivity contribution is 0.0600. The molecule has 7 nitrogen and oxygen atoms in total. The summed E-state index contributed by atoms with van der Waals surface area (Å²) in [6.07, 6.45) is 4.19. The lowest BCUT2D eigenvalue weighted by atomic mass is 9.95. The van der Waals surface area contributed by atoms with Gasteiger partial charge < -0.3 is 14.4 Å². The van der Waals surface area contributed by atoms with Crippen molar-refractivity contribution in [3.8, 4) is 5.75 Å². The third-order valence-corrected chi connectivity index (χ3v) is 6.66. The largest absolute Gasteiger partial charge is 0.490 e. The minimum absolute atomic E-state index is 0. The molecule has 2 fully saturated rings. The molecule has 174 valence electrons. The first-order valence-electron chi connectivity index (χ1n) is 11.2. The number of piperidine rings is 1. The topological polar surface area (TPSA) is 69.5 Å². The van der Waals surface area contributed by atoms with Gasteiger partial charge in [0.15, 0.2) is 0 Å². The first-order valence-corrected chi connectivity index (χ1v) is 11.2. The maximum Gasteiger partial charge on any atom is 0.337 e. The highest BCUT2D eigenvalue weighted by Gasteiger charge is 2.50. The first-order chi connectivity index (χ1) is 15.6. The minimum atomic E-state index is -0.340. The molecule has 0 atom stereocenters. The molecule has 0 spiro atoms. The van der Waals surface area contributed by atoms with Crippen LogP contribution < -0.4 is 9.64 Å². The Kier molecular flexibility index (Phi) is 6.61. The second-order valence-electron chi connectivity index (χ2n) is 8.65. The predicted molar refractivity (Wildman–Crippen MR) is 128 cm³/mol. The molecule has 0 amide bonds. The molecule has 1 saturated heterocycles. The zero-order chi connectivity index (χ0) is 22.1. The molecule has 0 unspecified atom stereocenters. The van der Waals surface area contributed by atoms with Crippen LogP contribution in [0.2, 0.25) is 0 Å². The number of benzene rings is 2. The maximum atomic E-state index is 11.6. The fourth-order valence-corrected chi connectivity index (χ4v) is 4.69. The van der Waals surface area contributed by atoms with E-state index in [1.807, 2.05) is 12.1 Å². The van der Waals surface area contributed by atoms with Gasteiger partial charge >= 0.3 is 5.97 Å². The van der Waals surface area contributed by atoms with Crippen molar-refractivity contribution in [1.29, 1.82) is 0 Å². The first kappa shape index (κ1) is 23.1. The second kappa shape index (κ2) is 9.43. The van der Waals surface area contributed by atoms with Crippen LogP contribution in [-0.2, 0) is 17.2 Å². The highest BCUT2D eigenvalue weighted by Crippen LogP contribution is 2.53. The Morgan fingerprint density at radius 3 is 2.27 bits per heavy atom. The van der Waals surface area contributed by atoms with Gasteiger partial charge in [0.05, 0.1) is 18.1 Å². The Bertz CT molecular complexity index is 1090. The third kappa shape index (κ3) is 4.42. The monoisotopic (exact) mass is 468 g/mol. The van der Waals surface area contributed by atoms with Crippen LogP contribution in [0, 0.1) is 0 Å². The number of aromatic nitrogens is 3. The van der Waals surface area contributed by atoms with E-state index in [-0.39, 0.29) is 29.9 Å². The van der Waals surface area contributed by atoms with Crippen LogP contribution in [0.5, 0.6) is 5.75 Å². The van der Waals surface area contributed by atoms with Crippen LogP contribution in [0.25, 0.3) is 0 Å². The highest BCUT2D eigenvalue weighted by atomic mass is 35.5. The number of nitrogens with zero attached hydrogens (tertiary/aromatic N) is 4. The van der Waals surface area contributed by atoms with Gasteiger partial charge in [-0.25, -0.2) is 4.79 Å². The molecule has 1 saturated carbocycles. The van der Waals surface area contributed by atoms with Gasteiger partial charge in [-0.05, 0) is 42.7 Å². The van der Waals surface area contributed by atoms with E-state index < -0.39 is 0 Å². The molecule has 0 radical (unpaired) electrons. The van der Waals surface area contributed by atoms with Crippen molar-refractivity contribution in [2.45, 2.75) is 37.2 Å². The number of ether oxygens (including phenoxy) is 2. The van der Waals surface area contributed by atoms with E-state index in [4.69, 9.17) is 9.47 Å². The molecular weight excluding hydrogens is 440 g/mol. The summed E-state index contributed by atoms with van der Waals surface area (Å²) in [5.74, 6) is 2.43. The summed E-state index contributed by atoms with van der Waals surface area (Å²) in [5.41, 5.74) is 1.86. The summed E-state index contributed by atoms with van der Waals surface area (Å²) in [7, 11) is 3.46. The Hall–Kier alpha value is -3.06. The van der Waals surface area contributed by atoms with Crippen LogP contribution in [0.4, 0.5) is 5.95 Å². The average molecular weight is 469 g/mol. The smallest absolute Gasteiger partial charge is 0.337 e. The molecule has 2 aliphatic rings. The molecule has 0 bridgehead atoms. The Morgan fingerprint density at radius 1 is 1.00 bits per heavy atom. The van der Waals surface area contributed by atoms with E-state index in [0.29, 0.717) is 5.56 Å². The van der Waals surface area contributed by atoms with Crippen LogP contribution in [0.3, 0.4) is 0 Å². The number of carbonyl (C=O) groups excluding carboxylic acids is 1. The quantitative estimate of drug-likeness (QED) is 0.506. The number of esters is 1. The van der Waals surface area contributed by atoms with Gasteiger partial charge in [0.2, 0.25) is 5.95 Å². The SMILES string of the molecule is COC(=O)c1ccc(OC2CCN(c3nnc(C4(c5ccccc5)CC4)n3C)CC2)cc1.Cl. The molecular formula is C25H29ClN4O3. The molecule has 3 aromatic rings. The second-order valence-corrected chi connectivity index (χ2v) is 8.65. The van der Waals surface area contributed by atoms with E-state index >= 15 is 0 Å². The molecule has 1 aliphatic carbocycles. The van der Waals surface area contributed by atoms with Crippen molar-refractivity contribution in [3.63, 3.8) is 0 Å². The molecule has 8 heteroatoms. The zero-order valence-electron chi connectivity index (χ0n) is 18.9. The van der Waals surface area contributed by atoms with E-state index in [9.17, 15) is 4.79 Å². The predicted octanol–water partition coefficient (Wildman–Crippen LogP) is 4.15. The average Bonchev–Trinajstić information content (AvgIpc) is 3.56. The van der Waals surface area contributed by atoms with Gasteiger partial charge in [-0.2, -0.15) is 0 Å². The number of halogens is 1. The van der Waals surface area contributed by atoms with Crippen molar-refractivity contribution in [2.24, 2.45) is 7.05 Å². The number of methoxy groups -OCH3 is 1. The minimum Gasteiger partial charge on any atom is -0.490 e. The number of hydrogen-bond acceptors (Lipinski definition) is 6. The summed E-state index contributed by atoms with van der Waals surface area (Å²) in [5, 5.41) is 9.19. The molecule has 1 aliphatic heterocycles. The lowest BCUT2D eigenvalue weighted by Gasteiger charge is -2.32. The normalized spacial score (nSPS) is 17.2. The van der Waals surface area contributed by atoms with Gasteiger partial charge in [0.1, 0.15) is 17.7 Å². The summed E-state index contributed by atoms with van der Waals surface area (Å²) < 4.78 is 13.1. The third-order valence-electron chi connectivity index (χ3n) is 6.66. The fourth-order valence-electron chi connectivity index (χ4n) is 4.69. The van der Waals surface area contributed by atoms with Crippen LogP contribution in [0.1, 0.15) is 47.4 Å². The number of rotatable bonds is 6. The van der Waals surface area contributed by atoms with Crippen LogP contribution in [0.15, 0.2) is 54.6 Å². The van der Waals surface area contributed by atoms with Crippen molar-refractivity contribution in [3.05, 3.63) is 71.5 Å². The Balaban J connectivity index is 0.00000259. The van der Waals surface area contributed by atoms with Gasteiger partial charge in [0, 0.05) is 33.0 Å². The molecule has 1 aromatic heterocycles. The van der Waals surface area contributed by atoms with E-state index in [2.05, 4.69) is 57.0 Å². The van der Waals surface area contributed by atoms with Crippen molar-refractivity contribution < 1.29 is 14.3 Å². The summed E-state index contributed by atoms with van der Waals surface area (Å²) >= 11 is 0. The van der Waals surface area contributed by atoms with Gasteiger partial charge in [-0.3, -0.25) is 4.57 Å². The summed E-state index contributed by atoms with van der Waals surface area (Å²) in [6.45, 7) is 1.74. The van der Waals surface area contributed by atoms with E-state index in [1.54, 1.807) is 12.1 Å². The van der Waals surface area contributed by atoms with Gasteiger partial charge in [0.25, 0.3) is 0 Å². The summed E-state index contributed by atoms with van der Waals surface area (Å²) in [6, 6.07) is 17.8.